The molecule has 18 heavy (non-hydrogen) atoms. The molecule has 0 bridgehead atoms. The topological polar surface area (TPSA) is 35.5 Å². The van der Waals surface area contributed by atoms with Crippen molar-refractivity contribution in [2.75, 3.05) is 26.2 Å². The van der Waals surface area contributed by atoms with Gasteiger partial charge in [-0.2, -0.15) is 0 Å². The Bertz CT molecular complexity index is 267. The van der Waals surface area contributed by atoms with Gasteiger partial charge in [0.2, 0.25) is 0 Å². The molecule has 1 aliphatic carbocycles. The van der Waals surface area contributed by atoms with Gasteiger partial charge in [0.1, 0.15) is 0 Å². The summed E-state index contributed by atoms with van der Waals surface area (Å²) in [6, 6.07) is 0.804. The SMILES string of the molecule is CCC(C)(CNC1CC1)CN1CCC(O)C(C)C1. The van der Waals surface area contributed by atoms with Crippen molar-refractivity contribution in [2.24, 2.45) is 11.3 Å². The van der Waals surface area contributed by atoms with E-state index in [-0.39, 0.29) is 6.10 Å². The third kappa shape index (κ3) is 3.94. The molecule has 2 N–H and O–H groups in total. The molecular formula is C15H30N2O. The zero-order valence-corrected chi connectivity index (χ0v) is 12.3. The van der Waals surface area contributed by atoms with Gasteiger partial charge >= 0.3 is 0 Å². The van der Waals surface area contributed by atoms with Crippen LogP contribution in [0.25, 0.3) is 0 Å². The van der Waals surface area contributed by atoms with Crippen LogP contribution in [0.2, 0.25) is 0 Å². The van der Waals surface area contributed by atoms with Crippen molar-refractivity contribution in [3.63, 3.8) is 0 Å². The maximum absolute atomic E-state index is 9.80. The minimum atomic E-state index is -0.0845. The fourth-order valence-electron chi connectivity index (χ4n) is 2.87. The summed E-state index contributed by atoms with van der Waals surface area (Å²) in [5.74, 6) is 0.427. The minimum absolute atomic E-state index is 0.0845. The molecule has 0 spiro atoms. The van der Waals surface area contributed by atoms with E-state index in [1.54, 1.807) is 0 Å². The lowest BCUT2D eigenvalue weighted by Crippen LogP contribution is -2.48. The Labute approximate surface area is 112 Å². The Kier molecular flexibility index (Phi) is 4.68. The smallest absolute Gasteiger partial charge is 0.0590 e. The molecule has 0 aromatic carbocycles. The summed E-state index contributed by atoms with van der Waals surface area (Å²) in [4.78, 5) is 2.55. The number of likely N-dealkylation sites (tertiary alicyclic amines) is 1. The largest absolute Gasteiger partial charge is 0.393 e. The van der Waals surface area contributed by atoms with Crippen LogP contribution in [-0.2, 0) is 0 Å². The van der Waals surface area contributed by atoms with E-state index in [9.17, 15) is 5.11 Å². The molecule has 2 fully saturated rings. The lowest BCUT2D eigenvalue weighted by atomic mass is 9.85. The van der Waals surface area contributed by atoms with E-state index in [0.29, 0.717) is 11.3 Å². The first-order valence-electron chi connectivity index (χ1n) is 7.66. The van der Waals surface area contributed by atoms with Gasteiger partial charge in [0.15, 0.2) is 0 Å². The van der Waals surface area contributed by atoms with Crippen LogP contribution >= 0.6 is 0 Å². The molecule has 3 nitrogen and oxygen atoms in total. The van der Waals surface area contributed by atoms with E-state index in [1.165, 1.54) is 25.8 Å². The quantitative estimate of drug-likeness (QED) is 0.759. The van der Waals surface area contributed by atoms with Crippen molar-refractivity contribution in [3.05, 3.63) is 0 Å². The van der Waals surface area contributed by atoms with Crippen molar-refractivity contribution >= 4 is 0 Å². The highest BCUT2D eigenvalue weighted by Crippen LogP contribution is 2.27. The van der Waals surface area contributed by atoms with Crippen molar-refractivity contribution < 1.29 is 5.11 Å². The fraction of sp³-hybridized carbons (Fsp3) is 1.00. The van der Waals surface area contributed by atoms with Gasteiger partial charge in [0.05, 0.1) is 6.10 Å². The number of piperidine rings is 1. The van der Waals surface area contributed by atoms with Gasteiger partial charge < -0.3 is 15.3 Å². The van der Waals surface area contributed by atoms with Gasteiger partial charge in [0.25, 0.3) is 0 Å². The van der Waals surface area contributed by atoms with Crippen LogP contribution in [0, 0.1) is 11.3 Å². The zero-order chi connectivity index (χ0) is 13.2. The first kappa shape index (κ1) is 14.3. The summed E-state index contributed by atoms with van der Waals surface area (Å²) in [6.07, 6.45) is 4.81. The number of hydrogen-bond donors (Lipinski definition) is 2. The van der Waals surface area contributed by atoms with Gasteiger partial charge in [0, 0.05) is 32.2 Å². The third-order valence-electron chi connectivity index (χ3n) is 4.80. The van der Waals surface area contributed by atoms with E-state index in [4.69, 9.17) is 0 Å². The third-order valence-corrected chi connectivity index (χ3v) is 4.80. The van der Waals surface area contributed by atoms with Gasteiger partial charge in [-0.1, -0.05) is 20.8 Å². The molecule has 1 saturated heterocycles. The Balaban J connectivity index is 1.80. The maximum atomic E-state index is 9.80. The molecule has 2 rings (SSSR count). The molecule has 0 amide bonds. The standard InChI is InChI=1S/C15H30N2O/c1-4-15(3,10-16-13-5-6-13)11-17-8-7-14(18)12(2)9-17/h12-14,16,18H,4-11H2,1-3H3. The van der Waals surface area contributed by atoms with Crippen LogP contribution < -0.4 is 5.32 Å². The number of nitrogens with zero attached hydrogens (tertiary/aromatic N) is 1. The average molecular weight is 254 g/mol. The van der Waals surface area contributed by atoms with Crippen molar-refractivity contribution in [1.82, 2.24) is 10.2 Å². The van der Waals surface area contributed by atoms with Gasteiger partial charge in [-0.25, -0.2) is 0 Å². The molecular weight excluding hydrogens is 224 g/mol. The van der Waals surface area contributed by atoms with Crippen LogP contribution in [0.15, 0.2) is 0 Å². The summed E-state index contributed by atoms with van der Waals surface area (Å²) >= 11 is 0. The normalized spacial score (nSPS) is 33.3. The van der Waals surface area contributed by atoms with Gasteiger partial charge in [-0.15, -0.1) is 0 Å². The molecule has 0 radical (unpaired) electrons. The predicted molar refractivity (Wildman–Crippen MR) is 75.7 cm³/mol. The van der Waals surface area contributed by atoms with E-state index in [0.717, 1.165) is 32.1 Å². The van der Waals surface area contributed by atoms with Gasteiger partial charge in [-0.3, -0.25) is 0 Å². The molecule has 106 valence electrons. The maximum Gasteiger partial charge on any atom is 0.0590 e. The van der Waals surface area contributed by atoms with Crippen molar-refractivity contribution in [2.45, 2.75) is 58.6 Å². The molecule has 1 saturated carbocycles. The highest BCUT2D eigenvalue weighted by atomic mass is 16.3. The monoisotopic (exact) mass is 254 g/mol. The first-order chi connectivity index (χ1) is 8.52. The van der Waals surface area contributed by atoms with E-state index in [1.807, 2.05) is 0 Å². The first-order valence-corrected chi connectivity index (χ1v) is 7.66. The molecule has 3 heteroatoms. The number of aliphatic hydroxyl groups is 1. The number of aliphatic hydroxyl groups excluding tert-OH is 1. The second-order valence-electron chi connectivity index (χ2n) is 6.89. The predicted octanol–water partition coefficient (Wildman–Crippen LogP) is 1.86. The summed E-state index contributed by atoms with van der Waals surface area (Å²) in [5.41, 5.74) is 0.380. The Morgan fingerprint density at radius 3 is 2.61 bits per heavy atom. The number of nitrogens with one attached hydrogen (secondary N) is 1. The van der Waals surface area contributed by atoms with Gasteiger partial charge in [-0.05, 0) is 37.0 Å². The van der Waals surface area contributed by atoms with Crippen LogP contribution in [0.1, 0.15) is 46.5 Å². The summed E-state index contributed by atoms with van der Waals surface area (Å²) in [5, 5.41) is 13.5. The number of hydrogen-bond acceptors (Lipinski definition) is 3. The van der Waals surface area contributed by atoms with Crippen molar-refractivity contribution in [1.29, 1.82) is 0 Å². The second kappa shape index (κ2) is 5.89. The molecule has 2 aliphatic rings. The molecule has 1 heterocycles. The highest BCUT2D eigenvalue weighted by molar-refractivity contribution is 4.88. The van der Waals surface area contributed by atoms with Crippen LogP contribution in [0.3, 0.4) is 0 Å². The lowest BCUT2D eigenvalue weighted by molar-refractivity contribution is 0.0180. The van der Waals surface area contributed by atoms with Crippen LogP contribution in [-0.4, -0.2) is 48.3 Å². The summed E-state index contributed by atoms with van der Waals surface area (Å²) < 4.78 is 0. The molecule has 0 aromatic rings. The molecule has 1 aliphatic heterocycles. The van der Waals surface area contributed by atoms with E-state index >= 15 is 0 Å². The second-order valence-corrected chi connectivity index (χ2v) is 6.89. The number of rotatable bonds is 6. The fourth-order valence-corrected chi connectivity index (χ4v) is 2.87. The van der Waals surface area contributed by atoms with E-state index in [2.05, 4.69) is 31.0 Å². The summed E-state index contributed by atoms with van der Waals surface area (Å²) in [6.45, 7) is 11.3. The highest BCUT2D eigenvalue weighted by Gasteiger charge is 2.32. The molecule has 3 atom stereocenters. The van der Waals surface area contributed by atoms with Crippen molar-refractivity contribution in [3.8, 4) is 0 Å². The Morgan fingerprint density at radius 1 is 1.33 bits per heavy atom. The van der Waals surface area contributed by atoms with Crippen LogP contribution in [0.5, 0.6) is 0 Å². The van der Waals surface area contributed by atoms with Crippen LogP contribution in [0.4, 0.5) is 0 Å². The average Bonchev–Trinajstić information content (AvgIpc) is 3.16. The molecule has 0 aromatic heterocycles. The minimum Gasteiger partial charge on any atom is -0.393 e. The Hall–Kier alpha value is -0.120. The Morgan fingerprint density at radius 2 is 2.06 bits per heavy atom. The summed E-state index contributed by atoms with van der Waals surface area (Å²) in [7, 11) is 0. The lowest BCUT2D eigenvalue weighted by Gasteiger charge is -2.40. The molecule has 3 unspecified atom stereocenters. The zero-order valence-electron chi connectivity index (χ0n) is 12.3. The van der Waals surface area contributed by atoms with E-state index < -0.39 is 0 Å².